The van der Waals surface area contributed by atoms with Gasteiger partial charge in [0.2, 0.25) is 15.9 Å². The third-order valence-electron chi connectivity index (χ3n) is 3.60. The molecule has 1 aromatic carbocycles. The first-order valence-electron chi connectivity index (χ1n) is 8.18. The lowest BCUT2D eigenvalue weighted by atomic mass is 10.2. The standard InChI is InChI=1S/C17H26N2O5S/c1-5-11-18(12-6-2)16(20)13-19(25(4,22)23)15-9-7-14(8-10-15)17(21)24-3/h7-10H,5-6,11-13H2,1-4H3. The average molecular weight is 370 g/mol. The number of amides is 1. The van der Waals surface area contributed by atoms with Crippen molar-refractivity contribution in [2.75, 3.05) is 37.3 Å². The number of methoxy groups -OCH3 is 1. The van der Waals surface area contributed by atoms with Gasteiger partial charge in [-0.05, 0) is 37.1 Å². The van der Waals surface area contributed by atoms with Gasteiger partial charge in [-0.15, -0.1) is 0 Å². The van der Waals surface area contributed by atoms with Crippen LogP contribution in [0.25, 0.3) is 0 Å². The van der Waals surface area contributed by atoms with E-state index in [0.29, 0.717) is 24.3 Å². The number of anilines is 1. The molecule has 1 amide bonds. The highest BCUT2D eigenvalue weighted by atomic mass is 32.2. The molecule has 0 saturated heterocycles. The Hall–Kier alpha value is -2.09. The molecule has 0 aliphatic rings. The van der Waals surface area contributed by atoms with Crippen molar-refractivity contribution in [3.63, 3.8) is 0 Å². The molecular formula is C17H26N2O5S. The van der Waals surface area contributed by atoms with Gasteiger partial charge in [-0.25, -0.2) is 13.2 Å². The molecule has 0 aliphatic carbocycles. The topological polar surface area (TPSA) is 84.0 Å². The summed E-state index contributed by atoms with van der Waals surface area (Å²) >= 11 is 0. The highest BCUT2D eigenvalue weighted by Gasteiger charge is 2.23. The van der Waals surface area contributed by atoms with E-state index < -0.39 is 16.0 Å². The van der Waals surface area contributed by atoms with Crippen LogP contribution in [0.3, 0.4) is 0 Å². The van der Waals surface area contributed by atoms with Crippen molar-refractivity contribution in [1.82, 2.24) is 4.90 Å². The molecule has 140 valence electrons. The number of esters is 1. The number of hydrogen-bond donors (Lipinski definition) is 0. The summed E-state index contributed by atoms with van der Waals surface area (Å²) in [5.41, 5.74) is 0.640. The normalized spacial score (nSPS) is 11.0. The lowest BCUT2D eigenvalue weighted by molar-refractivity contribution is -0.129. The average Bonchev–Trinajstić information content (AvgIpc) is 2.57. The Morgan fingerprint density at radius 2 is 1.56 bits per heavy atom. The summed E-state index contributed by atoms with van der Waals surface area (Å²) in [5, 5.41) is 0. The molecule has 0 aliphatic heterocycles. The lowest BCUT2D eigenvalue weighted by Crippen LogP contribution is -2.43. The van der Waals surface area contributed by atoms with Crippen LogP contribution in [0, 0.1) is 0 Å². The van der Waals surface area contributed by atoms with Crippen molar-refractivity contribution >= 4 is 27.6 Å². The molecule has 0 saturated carbocycles. The fourth-order valence-electron chi connectivity index (χ4n) is 2.41. The molecule has 7 nitrogen and oxygen atoms in total. The summed E-state index contributed by atoms with van der Waals surface area (Å²) in [4.78, 5) is 25.7. The highest BCUT2D eigenvalue weighted by Crippen LogP contribution is 2.19. The van der Waals surface area contributed by atoms with Crippen molar-refractivity contribution in [1.29, 1.82) is 0 Å². The molecule has 0 bridgehead atoms. The first-order chi connectivity index (χ1) is 11.7. The summed E-state index contributed by atoms with van der Waals surface area (Å²) < 4.78 is 30.0. The second kappa shape index (κ2) is 9.41. The fraction of sp³-hybridized carbons (Fsp3) is 0.529. The van der Waals surface area contributed by atoms with Gasteiger partial charge in [-0.2, -0.15) is 0 Å². The Bertz CT molecular complexity index is 679. The molecular weight excluding hydrogens is 344 g/mol. The number of ether oxygens (including phenoxy) is 1. The predicted octanol–water partition coefficient (Wildman–Crippen LogP) is 1.89. The van der Waals surface area contributed by atoms with Gasteiger partial charge in [0.15, 0.2) is 0 Å². The van der Waals surface area contributed by atoms with E-state index in [1.165, 1.54) is 31.4 Å². The zero-order valence-corrected chi connectivity index (χ0v) is 16.0. The molecule has 0 aromatic heterocycles. The van der Waals surface area contributed by atoms with Crippen molar-refractivity contribution in [3.05, 3.63) is 29.8 Å². The largest absolute Gasteiger partial charge is 0.465 e. The maximum Gasteiger partial charge on any atom is 0.337 e. The quantitative estimate of drug-likeness (QED) is 0.620. The van der Waals surface area contributed by atoms with Crippen LogP contribution in [0.1, 0.15) is 37.0 Å². The van der Waals surface area contributed by atoms with E-state index in [2.05, 4.69) is 4.74 Å². The minimum Gasteiger partial charge on any atom is -0.465 e. The lowest BCUT2D eigenvalue weighted by Gasteiger charge is -2.27. The fourth-order valence-corrected chi connectivity index (χ4v) is 3.26. The molecule has 0 N–H and O–H groups in total. The van der Waals surface area contributed by atoms with E-state index in [9.17, 15) is 18.0 Å². The van der Waals surface area contributed by atoms with Crippen LogP contribution in [0.4, 0.5) is 5.69 Å². The molecule has 0 fully saturated rings. The Kier molecular flexibility index (Phi) is 7.89. The van der Waals surface area contributed by atoms with Crippen molar-refractivity contribution in [3.8, 4) is 0 Å². The van der Waals surface area contributed by atoms with Crippen LogP contribution in [0.2, 0.25) is 0 Å². The van der Waals surface area contributed by atoms with E-state index in [1.807, 2.05) is 13.8 Å². The zero-order valence-electron chi connectivity index (χ0n) is 15.2. The summed E-state index contributed by atoms with van der Waals surface area (Å²) in [6.45, 7) is 4.85. The minimum absolute atomic E-state index is 0.244. The molecule has 0 heterocycles. The molecule has 0 unspecified atom stereocenters. The molecule has 1 aromatic rings. The number of carbonyl (C=O) groups is 2. The third-order valence-corrected chi connectivity index (χ3v) is 4.74. The molecule has 1 rings (SSSR count). The minimum atomic E-state index is -3.65. The van der Waals surface area contributed by atoms with E-state index in [0.717, 1.165) is 23.4 Å². The van der Waals surface area contributed by atoms with Gasteiger partial charge in [-0.3, -0.25) is 9.10 Å². The zero-order chi connectivity index (χ0) is 19.0. The number of nitrogens with zero attached hydrogens (tertiary/aromatic N) is 2. The smallest absolute Gasteiger partial charge is 0.337 e. The van der Waals surface area contributed by atoms with Crippen LogP contribution in [0.5, 0.6) is 0 Å². The molecule has 0 spiro atoms. The number of sulfonamides is 1. The Balaban J connectivity index is 3.06. The molecule has 0 radical (unpaired) electrons. The summed E-state index contributed by atoms with van der Waals surface area (Å²) in [6.07, 6.45) is 2.66. The second-order valence-electron chi connectivity index (χ2n) is 5.69. The summed E-state index contributed by atoms with van der Waals surface area (Å²) in [7, 11) is -2.37. The van der Waals surface area contributed by atoms with Crippen molar-refractivity contribution < 1.29 is 22.7 Å². The van der Waals surface area contributed by atoms with Crippen LogP contribution in [0.15, 0.2) is 24.3 Å². The van der Waals surface area contributed by atoms with Gasteiger partial charge in [0.05, 0.1) is 24.6 Å². The number of rotatable bonds is 9. The maximum absolute atomic E-state index is 12.5. The summed E-state index contributed by atoms with van der Waals surface area (Å²) in [6, 6.07) is 5.93. The SMILES string of the molecule is CCCN(CCC)C(=O)CN(c1ccc(C(=O)OC)cc1)S(C)(=O)=O. The third kappa shape index (κ3) is 6.04. The summed E-state index contributed by atoms with van der Waals surface area (Å²) in [5.74, 6) is -0.753. The van der Waals surface area contributed by atoms with Crippen LogP contribution < -0.4 is 4.31 Å². The predicted molar refractivity (Wildman–Crippen MR) is 97.1 cm³/mol. The van der Waals surface area contributed by atoms with Gasteiger partial charge >= 0.3 is 5.97 Å². The number of hydrogen-bond acceptors (Lipinski definition) is 5. The van der Waals surface area contributed by atoms with Crippen LogP contribution in [-0.2, 0) is 19.6 Å². The van der Waals surface area contributed by atoms with E-state index in [-0.39, 0.29) is 12.5 Å². The Morgan fingerprint density at radius 3 is 1.96 bits per heavy atom. The van der Waals surface area contributed by atoms with Crippen molar-refractivity contribution in [2.45, 2.75) is 26.7 Å². The van der Waals surface area contributed by atoms with Gasteiger partial charge in [-0.1, -0.05) is 13.8 Å². The highest BCUT2D eigenvalue weighted by molar-refractivity contribution is 7.92. The van der Waals surface area contributed by atoms with Crippen molar-refractivity contribution in [2.24, 2.45) is 0 Å². The number of benzene rings is 1. The molecule has 0 atom stereocenters. The van der Waals surface area contributed by atoms with E-state index >= 15 is 0 Å². The Labute approximate surface area is 149 Å². The second-order valence-corrected chi connectivity index (χ2v) is 7.60. The van der Waals surface area contributed by atoms with E-state index in [1.54, 1.807) is 4.90 Å². The monoisotopic (exact) mass is 370 g/mol. The maximum atomic E-state index is 12.5. The number of carbonyl (C=O) groups excluding carboxylic acids is 2. The Morgan fingerprint density at radius 1 is 1.04 bits per heavy atom. The van der Waals surface area contributed by atoms with Gasteiger partial charge in [0.25, 0.3) is 0 Å². The van der Waals surface area contributed by atoms with Crippen LogP contribution in [-0.4, -0.2) is 58.2 Å². The van der Waals surface area contributed by atoms with Crippen LogP contribution >= 0.6 is 0 Å². The molecule has 25 heavy (non-hydrogen) atoms. The van der Waals surface area contributed by atoms with Gasteiger partial charge in [0.1, 0.15) is 6.54 Å². The van der Waals surface area contributed by atoms with Gasteiger partial charge in [0, 0.05) is 13.1 Å². The van der Waals surface area contributed by atoms with Gasteiger partial charge < -0.3 is 9.64 Å². The molecule has 8 heteroatoms. The first-order valence-corrected chi connectivity index (χ1v) is 10.0. The first kappa shape index (κ1) is 21.0. The van der Waals surface area contributed by atoms with E-state index in [4.69, 9.17) is 0 Å².